The molecule has 1 aliphatic rings. The summed E-state index contributed by atoms with van der Waals surface area (Å²) in [4.78, 5) is 16.4. The topological polar surface area (TPSA) is 101 Å². The lowest BCUT2D eigenvalue weighted by molar-refractivity contribution is -0.245. The minimum absolute atomic E-state index is 0.00162. The van der Waals surface area contributed by atoms with Crippen LogP contribution in [0.25, 0.3) is 0 Å². The largest absolute Gasteiger partial charge is 0.396 e. The summed E-state index contributed by atoms with van der Waals surface area (Å²) in [5, 5.41) is 21.3. The summed E-state index contributed by atoms with van der Waals surface area (Å²) in [6, 6.07) is 18.6. The molecule has 2 heterocycles. The molecular formula is C26H28N2O5S. The van der Waals surface area contributed by atoms with Crippen LogP contribution in [0.1, 0.15) is 45.9 Å². The maximum Gasteiger partial charge on any atom is 0.257 e. The van der Waals surface area contributed by atoms with Crippen molar-refractivity contribution in [1.82, 2.24) is 4.98 Å². The average Bonchev–Trinajstić information content (AvgIpc) is 2.89. The predicted molar refractivity (Wildman–Crippen MR) is 131 cm³/mol. The van der Waals surface area contributed by atoms with E-state index >= 15 is 0 Å². The van der Waals surface area contributed by atoms with Crippen molar-refractivity contribution >= 4 is 23.4 Å². The van der Waals surface area contributed by atoms with E-state index < -0.39 is 6.29 Å². The third kappa shape index (κ3) is 6.43. The van der Waals surface area contributed by atoms with Crippen LogP contribution in [0.4, 0.5) is 5.69 Å². The first-order valence-corrected chi connectivity index (χ1v) is 12.3. The molecule has 1 saturated heterocycles. The first-order chi connectivity index (χ1) is 16.7. The Kier molecular flexibility index (Phi) is 8.67. The maximum absolute atomic E-state index is 12.4. The van der Waals surface area contributed by atoms with Crippen molar-refractivity contribution in [2.45, 2.75) is 31.5 Å². The van der Waals surface area contributed by atoms with E-state index in [1.54, 1.807) is 30.1 Å². The Morgan fingerprint density at radius 2 is 1.79 bits per heavy atom. The molecule has 2 aromatic carbocycles. The van der Waals surface area contributed by atoms with E-state index in [1.807, 2.05) is 48.5 Å². The molecule has 0 bridgehead atoms. The van der Waals surface area contributed by atoms with Gasteiger partial charge in [0.05, 0.1) is 31.0 Å². The molecule has 3 aromatic rings. The van der Waals surface area contributed by atoms with Gasteiger partial charge in [-0.15, -0.1) is 0 Å². The van der Waals surface area contributed by atoms with Gasteiger partial charge in [0.25, 0.3) is 5.91 Å². The molecule has 3 atom stereocenters. The van der Waals surface area contributed by atoms with Gasteiger partial charge in [0, 0.05) is 41.6 Å². The van der Waals surface area contributed by atoms with Gasteiger partial charge in [-0.25, -0.2) is 0 Å². The number of hydrogen-bond donors (Lipinski definition) is 3. The number of pyridine rings is 1. The number of carbonyl (C=O) groups is 1. The van der Waals surface area contributed by atoms with Crippen molar-refractivity contribution in [1.29, 1.82) is 0 Å². The number of carbonyl (C=O) groups excluding carboxylic acids is 1. The smallest absolute Gasteiger partial charge is 0.257 e. The zero-order valence-corrected chi connectivity index (χ0v) is 19.5. The quantitative estimate of drug-likeness (QED) is 0.397. The van der Waals surface area contributed by atoms with E-state index in [0.717, 1.165) is 22.4 Å². The summed E-state index contributed by atoms with van der Waals surface area (Å²) in [5.41, 5.74) is 3.89. The molecular weight excluding hydrogens is 452 g/mol. The lowest BCUT2D eigenvalue weighted by Gasteiger charge is -2.36. The predicted octanol–water partition coefficient (Wildman–Crippen LogP) is 4.10. The number of anilines is 1. The van der Waals surface area contributed by atoms with Crippen LogP contribution in [-0.2, 0) is 16.1 Å². The molecule has 8 heteroatoms. The van der Waals surface area contributed by atoms with Gasteiger partial charge in [-0.05, 0) is 35.4 Å². The van der Waals surface area contributed by atoms with E-state index in [2.05, 4.69) is 10.3 Å². The van der Waals surface area contributed by atoms with Crippen LogP contribution in [0, 0.1) is 0 Å². The van der Waals surface area contributed by atoms with Crippen LogP contribution < -0.4 is 5.32 Å². The molecule has 0 spiro atoms. The van der Waals surface area contributed by atoms with Crippen LogP contribution in [0.15, 0.2) is 73.1 Å². The van der Waals surface area contributed by atoms with Crippen molar-refractivity contribution < 1.29 is 24.5 Å². The molecule has 1 amide bonds. The Bertz CT molecular complexity index is 1050. The van der Waals surface area contributed by atoms with Crippen molar-refractivity contribution in [3.63, 3.8) is 0 Å². The maximum atomic E-state index is 12.4. The Hall–Kier alpha value is -2.75. The molecule has 4 rings (SSSR count). The first-order valence-electron chi connectivity index (χ1n) is 11.2. The van der Waals surface area contributed by atoms with Crippen LogP contribution >= 0.6 is 11.8 Å². The second-order valence-corrected chi connectivity index (χ2v) is 9.12. The number of aliphatic hydroxyl groups excluding tert-OH is 2. The highest BCUT2D eigenvalue weighted by Crippen LogP contribution is 2.39. The first kappa shape index (κ1) is 24.4. The molecule has 0 radical (unpaired) electrons. The molecule has 3 N–H and O–H groups in total. The fourth-order valence-electron chi connectivity index (χ4n) is 3.73. The summed E-state index contributed by atoms with van der Waals surface area (Å²) in [7, 11) is 0. The molecule has 0 unspecified atom stereocenters. The highest BCUT2D eigenvalue weighted by molar-refractivity contribution is 7.99. The lowest BCUT2D eigenvalue weighted by Crippen LogP contribution is -2.31. The fourth-order valence-corrected chi connectivity index (χ4v) is 4.50. The highest BCUT2D eigenvalue weighted by atomic mass is 32.2. The highest BCUT2D eigenvalue weighted by Gasteiger charge is 2.32. The number of amides is 1. The van der Waals surface area contributed by atoms with E-state index in [9.17, 15) is 9.90 Å². The van der Waals surface area contributed by atoms with Gasteiger partial charge in [-0.2, -0.15) is 11.8 Å². The van der Waals surface area contributed by atoms with Gasteiger partial charge in [0.1, 0.15) is 0 Å². The molecule has 1 fully saturated rings. The normalized spacial score (nSPS) is 20.1. The van der Waals surface area contributed by atoms with E-state index in [0.29, 0.717) is 23.4 Å². The van der Waals surface area contributed by atoms with Crippen LogP contribution in [-0.4, -0.2) is 45.3 Å². The fraction of sp³-hybridized carbons (Fsp3) is 0.308. The van der Waals surface area contributed by atoms with Crippen molar-refractivity contribution in [2.75, 3.05) is 23.4 Å². The van der Waals surface area contributed by atoms with Gasteiger partial charge < -0.3 is 25.0 Å². The number of aromatic nitrogens is 1. The zero-order valence-electron chi connectivity index (χ0n) is 18.7. The van der Waals surface area contributed by atoms with Crippen molar-refractivity contribution in [3.05, 3.63) is 95.3 Å². The van der Waals surface area contributed by atoms with Crippen LogP contribution in [0.3, 0.4) is 0 Å². The SMILES string of the molecule is O=C(Nc1ccc([C@@H]2O[C@H](CSCCO)C[C@H](c3ccc(CO)cc3)O2)cc1)c1cccnc1. The van der Waals surface area contributed by atoms with Gasteiger partial charge in [-0.3, -0.25) is 9.78 Å². The average molecular weight is 481 g/mol. The number of nitrogens with one attached hydrogen (secondary N) is 1. The molecule has 0 aliphatic carbocycles. The monoisotopic (exact) mass is 480 g/mol. The molecule has 7 nitrogen and oxygen atoms in total. The zero-order chi connectivity index (χ0) is 23.8. The number of rotatable bonds is 9. The summed E-state index contributed by atoms with van der Waals surface area (Å²) in [6.45, 7) is 0.136. The van der Waals surface area contributed by atoms with E-state index in [4.69, 9.17) is 14.6 Å². The number of aliphatic hydroxyl groups is 2. The minimum Gasteiger partial charge on any atom is -0.396 e. The third-order valence-corrected chi connectivity index (χ3v) is 6.60. The summed E-state index contributed by atoms with van der Waals surface area (Å²) >= 11 is 1.65. The van der Waals surface area contributed by atoms with Gasteiger partial charge in [0.15, 0.2) is 6.29 Å². The van der Waals surface area contributed by atoms with Crippen LogP contribution in [0.5, 0.6) is 0 Å². The molecule has 34 heavy (non-hydrogen) atoms. The molecule has 1 aliphatic heterocycles. The van der Waals surface area contributed by atoms with Crippen LogP contribution in [0.2, 0.25) is 0 Å². The number of nitrogens with zero attached hydrogens (tertiary/aromatic N) is 1. The van der Waals surface area contributed by atoms with Gasteiger partial charge in [0.2, 0.25) is 0 Å². The van der Waals surface area contributed by atoms with E-state index in [1.165, 1.54) is 6.20 Å². The molecule has 1 aromatic heterocycles. The number of thioether (sulfide) groups is 1. The molecule has 178 valence electrons. The number of benzene rings is 2. The van der Waals surface area contributed by atoms with Gasteiger partial charge >= 0.3 is 0 Å². The summed E-state index contributed by atoms with van der Waals surface area (Å²) in [6.07, 6.45) is 3.10. The minimum atomic E-state index is -0.556. The Labute approximate surface area is 203 Å². The van der Waals surface area contributed by atoms with E-state index in [-0.39, 0.29) is 31.3 Å². The summed E-state index contributed by atoms with van der Waals surface area (Å²) < 4.78 is 12.6. The molecule has 0 saturated carbocycles. The number of ether oxygens (including phenoxy) is 2. The third-order valence-electron chi connectivity index (χ3n) is 5.52. The standard InChI is InChI=1S/C26H28N2O5S/c29-12-13-34-17-23-14-24(19-5-3-18(16-30)4-6-19)33-26(32-23)20-7-9-22(10-8-20)28-25(31)21-2-1-11-27-15-21/h1-11,15,23-24,26,29-30H,12-14,16-17H2,(H,28,31)/t23-,24+,26+/m0/s1. The van der Waals surface area contributed by atoms with Gasteiger partial charge in [-0.1, -0.05) is 36.4 Å². The second kappa shape index (κ2) is 12.1. The van der Waals surface area contributed by atoms with Crippen molar-refractivity contribution in [2.24, 2.45) is 0 Å². The Morgan fingerprint density at radius 1 is 1.03 bits per heavy atom. The summed E-state index contributed by atoms with van der Waals surface area (Å²) in [5.74, 6) is 1.19. The second-order valence-electron chi connectivity index (χ2n) is 7.97. The van der Waals surface area contributed by atoms with Crippen molar-refractivity contribution in [3.8, 4) is 0 Å². The lowest BCUT2D eigenvalue weighted by atomic mass is 10.0. The Balaban J connectivity index is 1.47. The Morgan fingerprint density at radius 3 is 2.47 bits per heavy atom. The number of hydrogen-bond acceptors (Lipinski definition) is 7.